The smallest absolute Gasteiger partial charge is 0.322 e. The number of carboxylic acid groups (broad SMARTS) is 1. The van der Waals surface area contributed by atoms with Crippen LogP contribution in [-0.4, -0.2) is 30.1 Å². The summed E-state index contributed by atoms with van der Waals surface area (Å²) in [4.78, 5) is 22.1. The molecule has 0 aromatic heterocycles. The second-order valence-electron chi connectivity index (χ2n) is 4.94. The fourth-order valence-electron chi connectivity index (χ4n) is 1.46. The van der Waals surface area contributed by atoms with Crippen LogP contribution in [0.4, 0.5) is 0 Å². The van der Waals surface area contributed by atoms with E-state index in [1.165, 1.54) is 0 Å². The molecule has 5 nitrogen and oxygen atoms in total. The molecule has 2 N–H and O–H groups in total. The summed E-state index contributed by atoms with van der Waals surface area (Å²) >= 11 is 0. The lowest BCUT2D eigenvalue weighted by molar-refractivity contribution is -0.140. The Hall–Kier alpha value is -1.88. The van der Waals surface area contributed by atoms with Gasteiger partial charge >= 0.3 is 5.97 Å². The van der Waals surface area contributed by atoms with Gasteiger partial charge in [-0.2, -0.15) is 0 Å². The number of aliphatic carboxylic acids is 1. The van der Waals surface area contributed by atoms with Crippen LogP contribution in [0.5, 0.6) is 0 Å². The molecule has 0 atom stereocenters. The molecule has 0 heterocycles. The van der Waals surface area contributed by atoms with Crippen molar-refractivity contribution in [3.05, 3.63) is 35.9 Å². The number of hydrogen-bond donors (Lipinski definition) is 2. The first kappa shape index (κ1) is 15.2. The fraction of sp³-hybridized carbons (Fsp3) is 0.429. The van der Waals surface area contributed by atoms with Crippen molar-refractivity contribution in [3.63, 3.8) is 0 Å². The maximum atomic E-state index is 11.8. The fourth-order valence-corrected chi connectivity index (χ4v) is 1.46. The second kappa shape index (κ2) is 6.89. The van der Waals surface area contributed by atoms with Gasteiger partial charge in [0, 0.05) is 0 Å². The molecule has 0 spiro atoms. The Labute approximate surface area is 112 Å². The Kier molecular flexibility index (Phi) is 5.51. The molecule has 0 fully saturated rings. The molecule has 19 heavy (non-hydrogen) atoms. The highest BCUT2D eigenvalue weighted by Gasteiger charge is 2.28. The van der Waals surface area contributed by atoms with E-state index in [0.717, 1.165) is 5.56 Å². The van der Waals surface area contributed by atoms with Crippen molar-refractivity contribution < 1.29 is 19.4 Å². The highest BCUT2D eigenvalue weighted by Crippen LogP contribution is 2.16. The number of rotatable bonds is 7. The zero-order chi connectivity index (χ0) is 14.3. The number of carboxylic acids is 1. The summed E-state index contributed by atoms with van der Waals surface area (Å²) in [5.41, 5.74) is 0.272. The Morgan fingerprint density at radius 3 is 2.47 bits per heavy atom. The standard InChI is InChI=1S/C14H19NO4/c1-14(2,13(18)15-8-12(16)17)10-19-9-11-6-4-3-5-7-11/h3-7H,8-10H2,1-2H3,(H,15,18)(H,16,17). The second-order valence-corrected chi connectivity index (χ2v) is 4.94. The summed E-state index contributed by atoms with van der Waals surface area (Å²) in [6.07, 6.45) is 0. The van der Waals surface area contributed by atoms with Gasteiger partial charge in [-0.05, 0) is 19.4 Å². The minimum atomic E-state index is -1.06. The zero-order valence-electron chi connectivity index (χ0n) is 11.2. The van der Waals surface area contributed by atoms with E-state index in [-0.39, 0.29) is 19.1 Å². The van der Waals surface area contributed by atoms with Crippen LogP contribution in [0.25, 0.3) is 0 Å². The van der Waals surface area contributed by atoms with Gasteiger partial charge in [0.25, 0.3) is 0 Å². The van der Waals surface area contributed by atoms with Crippen LogP contribution in [-0.2, 0) is 20.9 Å². The third-order valence-corrected chi connectivity index (χ3v) is 2.59. The van der Waals surface area contributed by atoms with Crippen molar-refractivity contribution >= 4 is 11.9 Å². The van der Waals surface area contributed by atoms with Crippen molar-refractivity contribution in [1.29, 1.82) is 0 Å². The minimum Gasteiger partial charge on any atom is -0.480 e. The molecule has 0 aliphatic rings. The lowest BCUT2D eigenvalue weighted by Crippen LogP contribution is -2.42. The molecule has 0 bridgehead atoms. The molecule has 0 radical (unpaired) electrons. The molecule has 0 aliphatic heterocycles. The molecular formula is C14H19NO4. The quantitative estimate of drug-likeness (QED) is 0.782. The van der Waals surface area contributed by atoms with E-state index < -0.39 is 11.4 Å². The number of carbonyl (C=O) groups excluding carboxylic acids is 1. The van der Waals surface area contributed by atoms with Crippen LogP contribution in [0.15, 0.2) is 30.3 Å². The van der Waals surface area contributed by atoms with Gasteiger partial charge in [0.1, 0.15) is 6.54 Å². The summed E-state index contributed by atoms with van der Waals surface area (Å²) in [6, 6.07) is 9.65. The number of hydrogen-bond acceptors (Lipinski definition) is 3. The highest BCUT2D eigenvalue weighted by atomic mass is 16.5. The Morgan fingerprint density at radius 2 is 1.89 bits per heavy atom. The van der Waals surface area contributed by atoms with Gasteiger partial charge in [0.15, 0.2) is 0 Å². The maximum absolute atomic E-state index is 11.8. The molecule has 1 amide bonds. The Balaban J connectivity index is 2.37. The summed E-state index contributed by atoms with van der Waals surface area (Å²) in [6.45, 7) is 3.72. The lowest BCUT2D eigenvalue weighted by atomic mass is 9.93. The van der Waals surface area contributed by atoms with Crippen LogP contribution in [0.2, 0.25) is 0 Å². The number of amides is 1. The highest BCUT2D eigenvalue weighted by molar-refractivity contribution is 5.85. The van der Waals surface area contributed by atoms with Gasteiger partial charge < -0.3 is 15.2 Å². The average Bonchev–Trinajstić information content (AvgIpc) is 2.36. The van der Waals surface area contributed by atoms with E-state index in [2.05, 4.69) is 5.32 Å². The van der Waals surface area contributed by atoms with E-state index in [9.17, 15) is 9.59 Å². The predicted octanol–water partition coefficient (Wildman–Crippen LogP) is 1.43. The largest absolute Gasteiger partial charge is 0.480 e. The van der Waals surface area contributed by atoms with Crippen LogP contribution < -0.4 is 5.32 Å². The molecule has 0 aliphatic carbocycles. The number of carbonyl (C=O) groups is 2. The van der Waals surface area contributed by atoms with Crippen LogP contribution in [0.1, 0.15) is 19.4 Å². The monoisotopic (exact) mass is 265 g/mol. The van der Waals surface area contributed by atoms with Crippen molar-refractivity contribution in [1.82, 2.24) is 5.32 Å². The molecule has 1 aromatic rings. The average molecular weight is 265 g/mol. The van der Waals surface area contributed by atoms with Crippen molar-refractivity contribution in [2.24, 2.45) is 5.41 Å². The van der Waals surface area contributed by atoms with Gasteiger partial charge in [-0.3, -0.25) is 9.59 Å². The van der Waals surface area contributed by atoms with E-state index in [1.807, 2.05) is 30.3 Å². The molecule has 0 unspecified atom stereocenters. The Morgan fingerprint density at radius 1 is 1.26 bits per heavy atom. The predicted molar refractivity (Wildman–Crippen MR) is 70.5 cm³/mol. The number of benzene rings is 1. The molecule has 0 saturated heterocycles. The van der Waals surface area contributed by atoms with Gasteiger partial charge in [0.05, 0.1) is 18.6 Å². The third kappa shape index (κ3) is 5.52. The topological polar surface area (TPSA) is 75.6 Å². The maximum Gasteiger partial charge on any atom is 0.322 e. The first-order chi connectivity index (χ1) is 8.92. The summed E-state index contributed by atoms with van der Waals surface area (Å²) in [5.74, 6) is -1.39. The van der Waals surface area contributed by atoms with Crippen molar-refractivity contribution in [2.75, 3.05) is 13.2 Å². The van der Waals surface area contributed by atoms with Crippen LogP contribution in [0, 0.1) is 5.41 Å². The van der Waals surface area contributed by atoms with E-state index in [0.29, 0.717) is 6.61 Å². The first-order valence-electron chi connectivity index (χ1n) is 6.03. The van der Waals surface area contributed by atoms with E-state index >= 15 is 0 Å². The van der Waals surface area contributed by atoms with Gasteiger partial charge in [-0.1, -0.05) is 30.3 Å². The first-order valence-corrected chi connectivity index (χ1v) is 6.03. The van der Waals surface area contributed by atoms with E-state index in [1.54, 1.807) is 13.8 Å². The van der Waals surface area contributed by atoms with E-state index in [4.69, 9.17) is 9.84 Å². The number of ether oxygens (including phenoxy) is 1. The van der Waals surface area contributed by atoms with Crippen LogP contribution in [0.3, 0.4) is 0 Å². The summed E-state index contributed by atoms with van der Waals surface area (Å²) < 4.78 is 5.50. The van der Waals surface area contributed by atoms with Crippen molar-refractivity contribution in [2.45, 2.75) is 20.5 Å². The minimum absolute atomic E-state index is 0.230. The molecule has 1 rings (SSSR count). The molecule has 5 heteroatoms. The number of nitrogens with one attached hydrogen (secondary N) is 1. The normalized spacial score (nSPS) is 11.1. The zero-order valence-corrected chi connectivity index (χ0v) is 11.2. The molecule has 1 aromatic carbocycles. The molecule has 0 saturated carbocycles. The molecular weight excluding hydrogens is 246 g/mol. The summed E-state index contributed by atoms with van der Waals surface area (Å²) in [7, 11) is 0. The summed E-state index contributed by atoms with van der Waals surface area (Å²) in [5, 5.41) is 10.9. The third-order valence-electron chi connectivity index (χ3n) is 2.59. The van der Waals surface area contributed by atoms with Gasteiger partial charge in [0.2, 0.25) is 5.91 Å². The van der Waals surface area contributed by atoms with Crippen molar-refractivity contribution in [3.8, 4) is 0 Å². The van der Waals surface area contributed by atoms with Gasteiger partial charge in [-0.15, -0.1) is 0 Å². The Bertz CT molecular complexity index is 428. The lowest BCUT2D eigenvalue weighted by Gasteiger charge is -2.23. The SMILES string of the molecule is CC(C)(COCc1ccccc1)C(=O)NCC(=O)O. The van der Waals surface area contributed by atoms with Gasteiger partial charge in [-0.25, -0.2) is 0 Å². The van der Waals surface area contributed by atoms with Crippen LogP contribution >= 0.6 is 0 Å². The molecule has 104 valence electrons.